The Kier molecular flexibility index (Phi) is 6.34. The standard InChI is InChI=1S/C22H30N4O3/c1-28-19-8-5-6-17(15-19)14-18-7-3-2-4-9-26(18)22-23-20(16-21(27)24-22)25-10-12-29-13-11-25/h5-6,8,15-16,18H,2-4,7,9-14H2,1H3,(H,23,24,27)/t18-/m1/s1. The van der Waals surface area contributed by atoms with E-state index in [1.807, 2.05) is 12.1 Å². The lowest BCUT2D eigenvalue weighted by atomic mass is 10.0. The number of nitrogens with one attached hydrogen (secondary N) is 1. The van der Waals surface area contributed by atoms with Crippen LogP contribution in [0.1, 0.15) is 31.2 Å². The van der Waals surface area contributed by atoms with Crippen LogP contribution in [0.3, 0.4) is 0 Å². The average molecular weight is 399 g/mol. The fraction of sp³-hybridized carbons (Fsp3) is 0.545. The lowest BCUT2D eigenvalue weighted by Gasteiger charge is -2.32. The molecule has 156 valence electrons. The zero-order valence-corrected chi connectivity index (χ0v) is 17.1. The number of morpholine rings is 1. The molecule has 29 heavy (non-hydrogen) atoms. The Labute approximate surface area is 171 Å². The Bertz CT molecular complexity index is 863. The lowest BCUT2D eigenvalue weighted by molar-refractivity contribution is 0.122. The molecule has 1 N–H and O–H groups in total. The number of anilines is 2. The highest BCUT2D eigenvalue weighted by Crippen LogP contribution is 2.26. The van der Waals surface area contributed by atoms with E-state index < -0.39 is 0 Å². The van der Waals surface area contributed by atoms with Gasteiger partial charge in [-0.15, -0.1) is 0 Å². The number of nitrogens with zero attached hydrogens (tertiary/aromatic N) is 3. The average Bonchev–Trinajstić information content (AvgIpc) is 2.99. The molecule has 1 aromatic heterocycles. The first-order valence-corrected chi connectivity index (χ1v) is 10.6. The van der Waals surface area contributed by atoms with Crippen molar-refractivity contribution in [3.63, 3.8) is 0 Å². The van der Waals surface area contributed by atoms with Crippen LogP contribution in [0, 0.1) is 0 Å². The van der Waals surface area contributed by atoms with Crippen molar-refractivity contribution >= 4 is 11.8 Å². The molecule has 7 nitrogen and oxygen atoms in total. The van der Waals surface area contributed by atoms with Gasteiger partial charge in [-0.2, -0.15) is 4.98 Å². The van der Waals surface area contributed by atoms with Gasteiger partial charge in [-0.3, -0.25) is 9.78 Å². The molecule has 4 rings (SSSR count). The molecule has 2 aliphatic heterocycles. The van der Waals surface area contributed by atoms with E-state index in [9.17, 15) is 4.79 Å². The number of ether oxygens (including phenoxy) is 2. The number of H-pyrrole nitrogens is 1. The number of rotatable bonds is 5. The molecular formula is C22H30N4O3. The van der Waals surface area contributed by atoms with Crippen molar-refractivity contribution in [2.75, 3.05) is 49.8 Å². The molecule has 7 heteroatoms. The van der Waals surface area contributed by atoms with Gasteiger partial charge in [0, 0.05) is 31.7 Å². The monoisotopic (exact) mass is 398 g/mol. The molecule has 1 atom stereocenters. The van der Waals surface area contributed by atoms with Crippen LogP contribution < -0.4 is 20.1 Å². The second kappa shape index (κ2) is 9.31. The predicted molar refractivity (Wildman–Crippen MR) is 114 cm³/mol. The maximum Gasteiger partial charge on any atom is 0.254 e. The van der Waals surface area contributed by atoms with Gasteiger partial charge >= 0.3 is 0 Å². The molecule has 0 aliphatic carbocycles. The van der Waals surface area contributed by atoms with Gasteiger partial charge in [0.2, 0.25) is 5.95 Å². The molecule has 0 unspecified atom stereocenters. The third-order valence-corrected chi connectivity index (χ3v) is 5.81. The summed E-state index contributed by atoms with van der Waals surface area (Å²) in [5, 5.41) is 0. The summed E-state index contributed by atoms with van der Waals surface area (Å²) in [6.07, 6.45) is 5.50. The number of hydrogen-bond donors (Lipinski definition) is 1. The van der Waals surface area contributed by atoms with Crippen LogP contribution in [-0.2, 0) is 11.2 Å². The SMILES string of the molecule is COc1cccc(C[C@H]2CCCCCN2c2nc(N3CCOCC3)cc(=O)[nH]2)c1. The van der Waals surface area contributed by atoms with Crippen molar-refractivity contribution in [3.05, 3.63) is 46.2 Å². The van der Waals surface area contributed by atoms with Gasteiger partial charge in [0.1, 0.15) is 11.6 Å². The van der Waals surface area contributed by atoms with Crippen LogP contribution in [0.15, 0.2) is 35.1 Å². The van der Waals surface area contributed by atoms with Gasteiger partial charge in [-0.1, -0.05) is 25.0 Å². The number of aromatic nitrogens is 2. The summed E-state index contributed by atoms with van der Waals surface area (Å²) in [4.78, 5) is 24.7. The summed E-state index contributed by atoms with van der Waals surface area (Å²) in [7, 11) is 1.70. The molecule has 3 heterocycles. The van der Waals surface area contributed by atoms with Gasteiger partial charge in [0.15, 0.2) is 0 Å². The normalized spacial score (nSPS) is 20.4. The number of hydrogen-bond acceptors (Lipinski definition) is 6. The van der Waals surface area contributed by atoms with Crippen LogP contribution in [-0.4, -0.2) is 56.0 Å². The molecule has 0 amide bonds. The summed E-state index contributed by atoms with van der Waals surface area (Å²) in [5.41, 5.74) is 1.15. The Morgan fingerprint density at radius 2 is 2.03 bits per heavy atom. The second-order valence-electron chi connectivity index (χ2n) is 7.78. The molecule has 2 fully saturated rings. The van der Waals surface area contributed by atoms with Crippen LogP contribution in [0.25, 0.3) is 0 Å². The third kappa shape index (κ3) is 4.90. The fourth-order valence-corrected chi connectivity index (χ4v) is 4.26. The molecule has 0 saturated carbocycles. The van der Waals surface area contributed by atoms with Crippen LogP contribution in [0.5, 0.6) is 5.75 Å². The highest BCUT2D eigenvalue weighted by Gasteiger charge is 2.25. The quantitative estimate of drug-likeness (QED) is 0.835. The summed E-state index contributed by atoms with van der Waals surface area (Å²) >= 11 is 0. The molecule has 0 bridgehead atoms. The largest absolute Gasteiger partial charge is 0.497 e. The molecular weight excluding hydrogens is 368 g/mol. The minimum absolute atomic E-state index is 0.0964. The first-order chi connectivity index (χ1) is 14.2. The highest BCUT2D eigenvalue weighted by atomic mass is 16.5. The van der Waals surface area contributed by atoms with Gasteiger partial charge in [0.25, 0.3) is 5.56 Å². The second-order valence-corrected chi connectivity index (χ2v) is 7.78. The molecule has 2 aromatic rings. The molecule has 1 aromatic carbocycles. The smallest absolute Gasteiger partial charge is 0.254 e. The van der Waals surface area contributed by atoms with Gasteiger partial charge < -0.3 is 19.3 Å². The van der Waals surface area contributed by atoms with E-state index in [-0.39, 0.29) is 5.56 Å². The highest BCUT2D eigenvalue weighted by molar-refractivity contribution is 5.45. The topological polar surface area (TPSA) is 70.7 Å². The molecule has 2 saturated heterocycles. The minimum Gasteiger partial charge on any atom is -0.497 e. The molecule has 0 radical (unpaired) electrons. The van der Waals surface area contributed by atoms with Crippen molar-refractivity contribution in [1.29, 1.82) is 0 Å². The van der Waals surface area contributed by atoms with Crippen molar-refractivity contribution < 1.29 is 9.47 Å². The zero-order valence-electron chi connectivity index (χ0n) is 17.1. The maximum atomic E-state index is 12.4. The summed E-state index contributed by atoms with van der Waals surface area (Å²) in [6.45, 7) is 3.79. The van der Waals surface area contributed by atoms with Gasteiger partial charge in [0.05, 0.1) is 20.3 Å². The number of methoxy groups -OCH3 is 1. The Morgan fingerprint density at radius 1 is 1.17 bits per heavy atom. The first kappa shape index (κ1) is 19.8. The van der Waals surface area contributed by atoms with E-state index in [0.717, 1.165) is 50.5 Å². The van der Waals surface area contributed by atoms with E-state index in [1.54, 1.807) is 13.2 Å². The van der Waals surface area contributed by atoms with Gasteiger partial charge in [-0.05, 0) is 37.0 Å². The summed E-state index contributed by atoms with van der Waals surface area (Å²) < 4.78 is 10.8. The van der Waals surface area contributed by atoms with E-state index in [2.05, 4.69) is 26.9 Å². The molecule has 2 aliphatic rings. The van der Waals surface area contributed by atoms with E-state index in [1.165, 1.54) is 18.4 Å². The van der Waals surface area contributed by atoms with E-state index >= 15 is 0 Å². The van der Waals surface area contributed by atoms with Gasteiger partial charge in [-0.25, -0.2) is 0 Å². The summed E-state index contributed by atoms with van der Waals surface area (Å²) in [6, 6.07) is 10.2. The van der Waals surface area contributed by atoms with Crippen molar-refractivity contribution in [1.82, 2.24) is 9.97 Å². The van der Waals surface area contributed by atoms with Crippen molar-refractivity contribution in [2.45, 2.75) is 38.1 Å². The molecule has 0 spiro atoms. The zero-order chi connectivity index (χ0) is 20.1. The fourth-order valence-electron chi connectivity index (χ4n) is 4.26. The van der Waals surface area contributed by atoms with Crippen molar-refractivity contribution in [2.24, 2.45) is 0 Å². The maximum absolute atomic E-state index is 12.4. The number of benzene rings is 1. The van der Waals surface area contributed by atoms with Crippen LogP contribution >= 0.6 is 0 Å². The third-order valence-electron chi connectivity index (χ3n) is 5.81. The predicted octanol–water partition coefficient (Wildman–Crippen LogP) is 2.61. The van der Waals surface area contributed by atoms with Crippen LogP contribution in [0.2, 0.25) is 0 Å². The van der Waals surface area contributed by atoms with Crippen molar-refractivity contribution in [3.8, 4) is 5.75 Å². The van der Waals surface area contributed by atoms with E-state index in [4.69, 9.17) is 14.5 Å². The Hall–Kier alpha value is -2.54. The lowest BCUT2D eigenvalue weighted by Crippen LogP contribution is -2.41. The Balaban J connectivity index is 1.61. The first-order valence-electron chi connectivity index (χ1n) is 10.6. The Morgan fingerprint density at radius 3 is 2.86 bits per heavy atom. The minimum atomic E-state index is -0.0964. The van der Waals surface area contributed by atoms with Crippen LogP contribution in [0.4, 0.5) is 11.8 Å². The summed E-state index contributed by atoms with van der Waals surface area (Å²) in [5.74, 6) is 2.31. The van der Waals surface area contributed by atoms with E-state index in [0.29, 0.717) is 25.2 Å². The number of aromatic amines is 1.